The van der Waals surface area contributed by atoms with Gasteiger partial charge in [0.2, 0.25) is 5.88 Å². The average Bonchev–Trinajstić information content (AvgIpc) is 3.16. The molecule has 21 heavy (non-hydrogen) atoms. The highest BCUT2D eigenvalue weighted by Gasteiger charge is 2.23. The van der Waals surface area contributed by atoms with Crippen LogP contribution in [0.25, 0.3) is 11.2 Å². The molecule has 0 aliphatic carbocycles. The SMILES string of the molecule is CCC(c1nccs1)n1c(CCl)nc2c(OC)ncnc21. The fourth-order valence-corrected chi connectivity index (χ4v) is 3.37. The predicted molar refractivity (Wildman–Crippen MR) is 82.0 cm³/mol. The van der Waals surface area contributed by atoms with Crippen LogP contribution in [0, 0.1) is 0 Å². The molecule has 0 amide bonds. The first-order valence-electron chi connectivity index (χ1n) is 6.51. The minimum atomic E-state index is 0.0587. The highest BCUT2D eigenvalue weighted by atomic mass is 35.5. The minimum Gasteiger partial charge on any atom is -0.479 e. The fraction of sp³-hybridized carbons (Fsp3) is 0.385. The lowest BCUT2D eigenvalue weighted by Gasteiger charge is -2.16. The molecule has 0 aromatic carbocycles. The van der Waals surface area contributed by atoms with Crippen LogP contribution in [0.3, 0.4) is 0 Å². The van der Waals surface area contributed by atoms with Crippen molar-refractivity contribution in [1.82, 2.24) is 24.5 Å². The van der Waals surface area contributed by atoms with Gasteiger partial charge in [-0.2, -0.15) is 4.98 Å². The maximum atomic E-state index is 6.07. The van der Waals surface area contributed by atoms with Crippen LogP contribution in [0.1, 0.15) is 30.2 Å². The molecule has 0 aliphatic rings. The third-order valence-corrected chi connectivity index (χ3v) is 4.38. The standard InChI is InChI=1S/C13H14ClN5OS/c1-3-8(13-15-4-5-21-13)19-9(6-14)18-10-11(19)16-7-17-12(10)20-2/h4-5,7-8H,3,6H2,1-2H3. The monoisotopic (exact) mass is 323 g/mol. The Hall–Kier alpha value is -1.73. The summed E-state index contributed by atoms with van der Waals surface area (Å²) in [6, 6.07) is 0.0587. The van der Waals surface area contributed by atoms with Crippen LogP contribution in [0.2, 0.25) is 0 Å². The number of hydrogen-bond acceptors (Lipinski definition) is 6. The van der Waals surface area contributed by atoms with Crippen LogP contribution in [0.5, 0.6) is 5.88 Å². The van der Waals surface area contributed by atoms with E-state index in [4.69, 9.17) is 16.3 Å². The number of fused-ring (bicyclic) bond motifs is 1. The number of aromatic nitrogens is 5. The molecule has 110 valence electrons. The second-order valence-corrected chi connectivity index (χ2v) is 5.57. The van der Waals surface area contributed by atoms with E-state index in [1.165, 1.54) is 6.33 Å². The minimum absolute atomic E-state index is 0.0587. The van der Waals surface area contributed by atoms with Crippen molar-refractivity contribution in [2.75, 3.05) is 7.11 Å². The summed E-state index contributed by atoms with van der Waals surface area (Å²) in [5, 5.41) is 2.98. The van der Waals surface area contributed by atoms with Gasteiger partial charge in [-0.1, -0.05) is 6.92 Å². The average molecular weight is 324 g/mol. The molecule has 0 radical (unpaired) electrons. The molecule has 3 aromatic heterocycles. The predicted octanol–water partition coefficient (Wildman–Crippen LogP) is 3.03. The highest BCUT2D eigenvalue weighted by molar-refractivity contribution is 7.09. The van der Waals surface area contributed by atoms with Crippen molar-refractivity contribution >= 4 is 34.1 Å². The number of halogens is 1. The van der Waals surface area contributed by atoms with Gasteiger partial charge >= 0.3 is 0 Å². The van der Waals surface area contributed by atoms with Gasteiger partial charge in [0.25, 0.3) is 0 Å². The molecule has 8 heteroatoms. The summed E-state index contributed by atoms with van der Waals surface area (Å²) in [4.78, 5) is 17.4. The van der Waals surface area contributed by atoms with Crippen molar-refractivity contribution in [3.8, 4) is 5.88 Å². The zero-order chi connectivity index (χ0) is 14.8. The number of nitrogens with zero attached hydrogens (tertiary/aromatic N) is 5. The Morgan fingerprint density at radius 2 is 2.24 bits per heavy atom. The van der Waals surface area contributed by atoms with Crippen molar-refractivity contribution in [3.05, 3.63) is 28.7 Å². The number of alkyl halides is 1. The quantitative estimate of drug-likeness (QED) is 0.675. The van der Waals surface area contributed by atoms with Gasteiger partial charge in [-0.3, -0.25) is 0 Å². The number of rotatable bonds is 5. The van der Waals surface area contributed by atoms with Crippen molar-refractivity contribution in [2.24, 2.45) is 0 Å². The number of methoxy groups -OCH3 is 1. The van der Waals surface area contributed by atoms with Crippen LogP contribution in [-0.4, -0.2) is 31.6 Å². The Kier molecular flexibility index (Phi) is 4.03. The second-order valence-electron chi connectivity index (χ2n) is 4.38. The highest BCUT2D eigenvalue weighted by Crippen LogP contribution is 2.31. The maximum absolute atomic E-state index is 6.07. The van der Waals surface area contributed by atoms with Crippen molar-refractivity contribution in [1.29, 1.82) is 0 Å². The molecular weight excluding hydrogens is 310 g/mol. The van der Waals surface area contributed by atoms with Crippen LogP contribution in [-0.2, 0) is 5.88 Å². The second kappa shape index (κ2) is 5.95. The molecule has 0 bridgehead atoms. The number of thiazole rings is 1. The first-order chi connectivity index (χ1) is 10.3. The Morgan fingerprint density at radius 1 is 1.38 bits per heavy atom. The summed E-state index contributed by atoms with van der Waals surface area (Å²) < 4.78 is 7.29. The van der Waals surface area contributed by atoms with Crippen LogP contribution in [0.4, 0.5) is 0 Å². The number of imidazole rings is 1. The molecule has 0 saturated carbocycles. The largest absolute Gasteiger partial charge is 0.479 e. The summed E-state index contributed by atoms with van der Waals surface area (Å²) in [7, 11) is 1.57. The molecule has 3 aromatic rings. The van der Waals surface area contributed by atoms with Gasteiger partial charge in [0.05, 0.1) is 19.0 Å². The van der Waals surface area contributed by atoms with E-state index in [0.29, 0.717) is 17.3 Å². The van der Waals surface area contributed by atoms with E-state index in [1.807, 2.05) is 9.95 Å². The molecule has 1 atom stereocenters. The first-order valence-corrected chi connectivity index (χ1v) is 7.92. The van der Waals surface area contributed by atoms with E-state index in [1.54, 1.807) is 24.6 Å². The van der Waals surface area contributed by atoms with Gasteiger partial charge < -0.3 is 9.30 Å². The Morgan fingerprint density at radius 3 is 2.86 bits per heavy atom. The summed E-state index contributed by atoms with van der Waals surface area (Å²) in [5.41, 5.74) is 1.35. The summed E-state index contributed by atoms with van der Waals surface area (Å²) in [6.45, 7) is 2.11. The van der Waals surface area contributed by atoms with Crippen LogP contribution >= 0.6 is 22.9 Å². The van der Waals surface area contributed by atoms with Crippen LogP contribution in [0.15, 0.2) is 17.9 Å². The van der Waals surface area contributed by atoms with Crippen LogP contribution < -0.4 is 4.74 Å². The molecular formula is C13H14ClN5OS. The molecule has 6 nitrogen and oxygen atoms in total. The Bertz CT molecular complexity index is 742. The zero-order valence-corrected chi connectivity index (χ0v) is 13.2. The smallest absolute Gasteiger partial charge is 0.245 e. The summed E-state index contributed by atoms with van der Waals surface area (Å²) >= 11 is 7.69. The normalized spacial score (nSPS) is 12.7. The van der Waals surface area contributed by atoms with E-state index in [2.05, 4.69) is 26.9 Å². The first kappa shape index (κ1) is 14.2. The zero-order valence-electron chi connectivity index (χ0n) is 11.7. The Labute approximate surface area is 130 Å². The van der Waals surface area contributed by atoms with E-state index < -0.39 is 0 Å². The van der Waals surface area contributed by atoms with Gasteiger partial charge in [-0.05, 0) is 6.42 Å². The van der Waals surface area contributed by atoms with Gasteiger partial charge in [0.15, 0.2) is 11.2 Å². The molecule has 0 fully saturated rings. The molecule has 1 unspecified atom stereocenters. The number of ether oxygens (including phenoxy) is 1. The molecule has 0 N–H and O–H groups in total. The van der Waals surface area contributed by atoms with Gasteiger partial charge in [-0.25, -0.2) is 15.0 Å². The van der Waals surface area contributed by atoms with E-state index in [0.717, 1.165) is 22.9 Å². The third kappa shape index (κ3) is 2.36. The third-order valence-electron chi connectivity index (χ3n) is 3.26. The number of hydrogen-bond donors (Lipinski definition) is 0. The Balaban J connectivity index is 2.25. The summed E-state index contributed by atoms with van der Waals surface area (Å²) in [6.07, 6.45) is 4.15. The lowest BCUT2D eigenvalue weighted by atomic mass is 10.2. The fourth-order valence-electron chi connectivity index (χ4n) is 2.37. The molecule has 0 spiro atoms. The molecule has 3 rings (SSSR count). The molecule has 0 saturated heterocycles. The summed E-state index contributed by atoms with van der Waals surface area (Å²) in [5.74, 6) is 1.49. The molecule has 3 heterocycles. The van der Waals surface area contributed by atoms with Crippen molar-refractivity contribution in [2.45, 2.75) is 25.3 Å². The van der Waals surface area contributed by atoms with Crippen molar-refractivity contribution < 1.29 is 4.74 Å². The molecule has 0 aliphatic heterocycles. The maximum Gasteiger partial charge on any atom is 0.245 e. The van der Waals surface area contributed by atoms with Crippen molar-refractivity contribution in [3.63, 3.8) is 0 Å². The van der Waals surface area contributed by atoms with Gasteiger partial charge in [-0.15, -0.1) is 22.9 Å². The topological polar surface area (TPSA) is 65.7 Å². The van der Waals surface area contributed by atoms with E-state index in [9.17, 15) is 0 Å². The van der Waals surface area contributed by atoms with Gasteiger partial charge in [0, 0.05) is 11.6 Å². The van der Waals surface area contributed by atoms with E-state index in [-0.39, 0.29) is 6.04 Å². The lowest BCUT2D eigenvalue weighted by molar-refractivity contribution is 0.401. The van der Waals surface area contributed by atoms with Gasteiger partial charge in [0.1, 0.15) is 17.2 Å². The van der Waals surface area contributed by atoms with E-state index >= 15 is 0 Å². The lowest BCUT2D eigenvalue weighted by Crippen LogP contribution is -2.13.